The molecule has 0 amide bonds. The normalized spacial score (nSPS) is 9.25. The molecule has 43 valence electrons. The molecule has 1 heterocycles. The summed E-state index contributed by atoms with van der Waals surface area (Å²) in [5.41, 5.74) is 0. The monoisotopic (exact) mass is 147 g/mol. The minimum Gasteiger partial charge on any atom is -0.494 e. The van der Waals surface area contributed by atoms with Gasteiger partial charge >= 0.3 is 0 Å². The summed E-state index contributed by atoms with van der Waals surface area (Å²) >= 11 is 7.02. The second-order valence-corrected chi connectivity index (χ2v) is 2.67. The lowest BCUT2D eigenvalue weighted by Gasteiger charge is -1.90. The van der Waals surface area contributed by atoms with Crippen molar-refractivity contribution in [3.8, 4) is 5.75 Å². The van der Waals surface area contributed by atoms with Crippen LogP contribution in [-0.2, 0) is 0 Å². The third-order valence-electron chi connectivity index (χ3n) is 0.735. The van der Waals surface area contributed by atoms with E-state index >= 15 is 0 Å². The molecule has 8 heavy (non-hydrogen) atoms. The van der Waals surface area contributed by atoms with Gasteiger partial charge in [-0.2, -0.15) is 0 Å². The van der Waals surface area contributed by atoms with E-state index < -0.39 is 0 Å². The lowest BCUT2D eigenvalue weighted by atomic mass is 10.6. The van der Waals surface area contributed by atoms with Gasteiger partial charge in [0, 0.05) is 11.4 Å². The van der Waals surface area contributed by atoms with Crippen LogP contribution in [-0.4, -0.2) is 7.11 Å². The van der Waals surface area contributed by atoms with E-state index in [0.29, 0.717) is 10.1 Å². The maximum atomic E-state index is 5.60. The first-order valence-electron chi connectivity index (χ1n) is 2.03. The van der Waals surface area contributed by atoms with Gasteiger partial charge in [-0.1, -0.05) is 11.6 Å². The molecule has 0 aromatic carbocycles. The second-order valence-electron chi connectivity index (χ2n) is 1.19. The Hall–Kier alpha value is -0.210. The fourth-order valence-electron chi connectivity index (χ4n) is 0.384. The summed E-state index contributed by atoms with van der Waals surface area (Å²) in [4.78, 5) is 0. The first-order chi connectivity index (χ1) is 3.84. The quantitative estimate of drug-likeness (QED) is 0.592. The van der Waals surface area contributed by atoms with Crippen molar-refractivity contribution < 1.29 is 4.74 Å². The van der Waals surface area contributed by atoms with Crippen LogP contribution in [0.4, 0.5) is 0 Å². The summed E-state index contributed by atoms with van der Waals surface area (Å²) < 4.78 is 5.47. The molecule has 0 aliphatic carbocycles. The van der Waals surface area contributed by atoms with E-state index in [1.54, 1.807) is 12.5 Å². The number of hydrogen-bond acceptors (Lipinski definition) is 2. The molecule has 0 unspecified atom stereocenters. The number of methoxy groups -OCH3 is 1. The Morgan fingerprint density at radius 2 is 2.62 bits per heavy atom. The Morgan fingerprint density at radius 1 is 1.88 bits per heavy atom. The Balaban J connectivity index is 2.92. The Labute approximate surface area is 56.9 Å². The van der Waals surface area contributed by atoms with Crippen molar-refractivity contribution in [1.29, 1.82) is 0 Å². The largest absolute Gasteiger partial charge is 0.494 e. The molecule has 0 saturated heterocycles. The molecular weight excluding hydrogens is 144 g/mol. The molecule has 0 aliphatic heterocycles. The van der Waals surface area contributed by atoms with E-state index in [4.69, 9.17) is 16.3 Å². The molecule has 0 aliphatic rings. The molecule has 0 fully saturated rings. The molecule has 0 spiro atoms. The zero-order valence-corrected chi connectivity index (χ0v) is 5.84. The summed E-state index contributed by atoms with van der Waals surface area (Å²) in [5, 5.41) is 1.77. The Morgan fingerprint density at radius 3 is 2.88 bits per heavy atom. The molecule has 3 heteroatoms. The molecule has 0 N–H and O–H groups in total. The third-order valence-corrected chi connectivity index (χ3v) is 1.80. The van der Waals surface area contributed by atoms with Crippen LogP contribution in [0.5, 0.6) is 5.75 Å². The van der Waals surface area contributed by atoms with Crippen molar-refractivity contribution in [3.63, 3.8) is 0 Å². The van der Waals surface area contributed by atoms with Crippen LogP contribution in [0.1, 0.15) is 0 Å². The van der Waals surface area contributed by atoms with Crippen molar-refractivity contribution in [1.82, 2.24) is 0 Å². The molecular formula is C5H4ClOS. The van der Waals surface area contributed by atoms with Crippen LogP contribution < -0.4 is 4.74 Å². The van der Waals surface area contributed by atoms with Crippen LogP contribution in [0.3, 0.4) is 0 Å². The molecule has 0 saturated carbocycles. The van der Waals surface area contributed by atoms with E-state index in [-0.39, 0.29) is 0 Å². The topological polar surface area (TPSA) is 9.23 Å². The van der Waals surface area contributed by atoms with E-state index in [2.05, 4.69) is 6.07 Å². The highest BCUT2D eigenvalue weighted by atomic mass is 35.5. The van der Waals surface area contributed by atoms with E-state index in [0.717, 1.165) is 0 Å². The fraction of sp³-hybridized carbons (Fsp3) is 0.200. The van der Waals surface area contributed by atoms with Gasteiger partial charge in [-0.15, -0.1) is 11.3 Å². The highest BCUT2D eigenvalue weighted by Gasteiger charge is 1.97. The zero-order valence-electron chi connectivity index (χ0n) is 4.27. The van der Waals surface area contributed by atoms with Crippen molar-refractivity contribution in [3.05, 3.63) is 15.8 Å². The molecule has 0 atom stereocenters. The lowest BCUT2D eigenvalue weighted by molar-refractivity contribution is 0.416. The van der Waals surface area contributed by atoms with Gasteiger partial charge in [0.05, 0.1) is 7.11 Å². The second kappa shape index (κ2) is 2.37. The van der Waals surface area contributed by atoms with Crippen molar-refractivity contribution in [2.75, 3.05) is 7.11 Å². The third kappa shape index (κ3) is 0.956. The number of halogens is 1. The molecule has 0 bridgehead atoms. The summed E-state index contributed by atoms with van der Waals surface area (Å²) in [6.45, 7) is 0. The first kappa shape index (κ1) is 5.92. The van der Waals surface area contributed by atoms with Gasteiger partial charge in [0.2, 0.25) is 0 Å². The molecule has 1 rings (SSSR count). The molecule has 1 aromatic heterocycles. The predicted octanol–water partition coefficient (Wildman–Crippen LogP) is 2.21. The maximum Gasteiger partial charge on any atom is 0.156 e. The van der Waals surface area contributed by atoms with Crippen LogP contribution in [0.15, 0.2) is 5.38 Å². The number of hydrogen-bond donors (Lipinski definition) is 0. The smallest absolute Gasteiger partial charge is 0.156 e. The van der Waals surface area contributed by atoms with Gasteiger partial charge in [0.15, 0.2) is 5.75 Å². The van der Waals surface area contributed by atoms with Crippen LogP contribution in [0, 0.1) is 6.07 Å². The summed E-state index contributed by atoms with van der Waals surface area (Å²) in [7, 11) is 1.57. The summed E-state index contributed by atoms with van der Waals surface area (Å²) in [6, 6.07) is 2.82. The Kier molecular flexibility index (Phi) is 1.76. The van der Waals surface area contributed by atoms with Gasteiger partial charge in [-0.25, -0.2) is 0 Å². The highest BCUT2D eigenvalue weighted by Crippen LogP contribution is 2.28. The van der Waals surface area contributed by atoms with Crippen molar-refractivity contribution in [2.24, 2.45) is 0 Å². The average Bonchev–Trinajstić information content (AvgIpc) is 2.14. The van der Waals surface area contributed by atoms with Gasteiger partial charge < -0.3 is 4.74 Å². The van der Waals surface area contributed by atoms with Crippen LogP contribution >= 0.6 is 22.9 Å². The molecule has 1 nitrogen and oxygen atoms in total. The summed E-state index contributed by atoms with van der Waals surface area (Å²) in [5.74, 6) is 0.636. The van der Waals surface area contributed by atoms with Crippen LogP contribution in [0.25, 0.3) is 0 Å². The average molecular weight is 148 g/mol. The molecule has 1 radical (unpaired) electrons. The van der Waals surface area contributed by atoms with Gasteiger partial charge in [-0.3, -0.25) is 0 Å². The van der Waals surface area contributed by atoms with Gasteiger partial charge in [-0.05, 0) is 0 Å². The lowest BCUT2D eigenvalue weighted by Crippen LogP contribution is -1.76. The summed E-state index contributed by atoms with van der Waals surface area (Å²) in [6.07, 6.45) is 0. The minimum atomic E-state index is 0.636. The standard InChI is InChI=1S/C5H4ClOS/c1-7-4-2-3-8-5(4)6/h3H,1H3. The Bertz CT molecular complexity index is 173. The highest BCUT2D eigenvalue weighted by molar-refractivity contribution is 7.14. The van der Waals surface area contributed by atoms with Crippen LogP contribution in [0.2, 0.25) is 4.34 Å². The number of thiophene rings is 1. The maximum absolute atomic E-state index is 5.60. The van der Waals surface area contributed by atoms with Gasteiger partial charge in [0.25, 0.3) is 0 Å². The van der Waals surface area contributed by atoms with Crippen molar-refractivity contribution >= 4 is 22.9 Å². The zero-order chi connectivity index (χ0) is 5.98. The molecule has 1 aromatic rings. The van der Waals surface area contributed by atoms with E-state index in [1.165, 1.54) is 11.3 Å². The van der Waals surface area contributed by atoms with E-state index in [9.17, 15) is 0 Å². The number of ether oxygens (including phenoxy) is 1. The minimum absolute atomic E-state index is 0.636. The fourth-order valence-corrected chi connectivity index (χ4v) is 1.17. The van der Waals surface area contributed by atoms with E-state index in [1.807, 2.05) is 0 Å². The SMILES string of the molecule is COc1[c]csc1Cl. The van der Waals surface area contributed by atoms with Crippen molar-refractivity contribution in [2.45, 2.75) is 0 Å². The first-order valence-corrected chi connectivity index (χ1v) is 3.29. The predicted molar refractivity (Wildman–Crippen MR) is 34.7 cm³/mol. The number of rotatable bonds is 1. The van der Waals surface area contributed by atoms with Gasteiger partial charge in [0.1, 0.15) is 4.34 Å².